The molecule has 2 aromatic carbocycles. The van der Waals surface area contributed by atoms with Crippen LogP contribution in [-0.2, 0) is 0 Å². The molecule has 1 fully saturated rings. The van der Waals surface area contributed by atoms with Crippen LogP contribution in [0.4, 0.5) is 11.8 Å². The summed E-state index contributed by atoms with van der Waals surface area (Å²) in [6.07, 6.45) is 8.75. The Morgan fingerprint density at radius 2 is 1.68 bits per heavy atom. The van der Waals surface area contributed by atoms with Gasteiger partial charge in [-0.05, 0) is 49.4 Å². The third-order valence-electron chi connectivity index (χ3n) is 5.79. The minimum Gasteiger partial charge on any atom is -0.362 e. The van der Waals surface area contributed by atoms with E-state index in [0.717, 1.165) is 65.5 Å². The van der Waals surface area contributed by atoms with Crippen molar-refractivity contribution in [2.24, 2.45) is 0 Å². The van der Waals surface area contributed by atoms with Crippen molar-refractivity contribution in [2.75, 3.05) is 30.9 Å². The van der Waals surface area contributed by atoms with Crippen LogP contribution in [0.5, 0.6) is 0 Å². The Hall–Kier alpha value is -2.63. The number of fused-ring (bicyclic) bond motifs is 1. The molecule has 4 rings (SSSR count). The Balaban J connectivity index is 1.29. The topological polar surface area (TPSA) is 53.1 Å². The van der Waals surface area contributed by atoms with E-state index in [0.29, 0.717) is 12.1 Å². The first-order chi connectivity index (χ1) is 15.1. The lowest BCUT2D eigenvalue weighted by Gasteiger charge is -2.29. The number of rotatable bonds is 7. The third kappa shape index (κ3) is 5.54. The number of nitrogens with zero attached hydrogens (tertiary/aromatic N) is 3. The molecule has 162 valence electrons. The Kier molecular flexibility index (Phi) is 7.05. The summed E-state index contributed by atoms with van der Waals surface area (Å²) in [7, 11) is 4.05. The Labute approximate surface area is 189 Å². The maximum atomic E-state index is 6.20. The van der Waals surface area contributed by atoms with E-state index in [1.807, 2.05) is 61.5 Å². The molecule has 0 atom stereocenters. The first-order valence-corrected chi connectivity index (χ1v) is 11.3. The van der Waals surface area contributed by atoms with E-state index in [-0.39, 0.29) is 0 Å². The summed E-state index contributed by atoms with van der Waals surface area (Å²) >= 11 is 6.20. The first-order valence-electron chi connectivity index (χ1n) is 11.0. The van der Waals surface area contributed by atoms with Crippen LogP contribution in [0.3, 0.4) is 0 Å². The van der Waals surface area contributed by atoms with Crippen molar-refractivity contribution in [3.8, 4) is 0 Å². The summed E-state index contributed by atoms with van der Waals surface area (Å²) in [4.78, 5) is 11.6. The third-order valence-corrected chi connectivity index (χ3v) is 6.14. The number of hydrogen-bond donors (Lipinski definition) is 2. The zero-order valence-electron chi connectivity index (χ0n) is 18.2. The molecule has 31 heavy (non-hydrogen) atoms. The van der Waals surface area contributed by atoms with Gasteiger partial charge in [-0.15, -0.1) is 0 Å². The molecule has 1 aliphatic rings. The first kappa shape index (κ1) is 21.6. The van der Waals surface area contributed by atoms with Crippen LogP contribution in [0.15, 0.2) is 54.6 Å². The van der Waals surface area contributed by atoms with E-state index in [4.69, 9.17) is 21.6 Å². The number of aromatic nitrogens is 2. The SMILES string of the molecule is CN(C)c1nc(N[C@H]2CC[C@@H](NC/C=C/c3ccccc3Cl)CC2)nc2ccccc12. The van der Waals surface area contributed by atoms with Gasteiger partial charge in [0.05, 0.1) is 5.52 Å². The Morgan fingerprint density at radius 1 is 0.968 bits per heavy atom. The number of halogens is 1. The highest BCUT2D eigenvalue weighted by Gasteiger charge is 2.21. The number of benzene rings is 2. The number of hydrogen-bond acceptors (Lipinski definition) is 5. The Morgan fingerprint density at radius 3 is 2.45 bits per heavy atom. The van der Waals surface area contributed by atoms with Gasteiger partial charge in [-0.3, -0.25) is 0 Å². The minimum absolute atomic E-state index is 0.410. The molecule has 0 bridgehead atoms. The molecule has 0 amide bonds. The smallest absolute Gasteiger partial charge is 0.225 e. The summed E-state index contributed by atoms with van der Waals surface area (Å²) in [5, 5.41) is 9.10. The number of anilines is 2. The average Bonchev–Trinajstić information content (AvgIpc) is 2.78. The fourth-order valence-electron chi connectivity index (χ4n) is 4.12. The van der Waals surface area contributed by atoms with Gasteiger partial charge in [0.1, 0.15) is 5.82 Å². The largest absolute Gasteiger partial charge is 0.362 e. The summed E-state index contributed by atoms with van der Waals surface area (Å²) in [6, 6.07) is 17.0. The standard InChI is InChI=1S/C25H30ClN5/c1-31(2)24-21-10-4-6-12-23(21)29-25(30-24)28-20-15-13-19(14-16-20)27-17-7-9-18-8-3-5-11-22(18)26/h3-12,19-20,27H,13-17H2,1-2H3,(H,28,29,30)/b9-7+/t19-,20+. The van der Waals surface area contributed by atoms with Crippen LogP contribution in [0.2, 0.25) is 5.02 Å². The fourth-order valence-corrected chi connectivity index (χ4v) is 4.32. The molecule has 1 heterocycles. The lowest BCUT2D eigenvalue weighted by atomic mass is 9.91. The van der Waals surface area contributed by atoms with Crippen molar-refractivity contribution in [1.82, 2.24) is 15.3 Å². The predicted octanol–water partition coefficient (Wildman–Crippen LogP) is 5.38. The summed E-state index contributed by atoms with van der Waals surface area (Å²) < 4.78 is 0. The maximum Gasteiger partial charge on any atom is 0.225 e. The zero-order valence-corrected chi connectivity index (χ0v) is 18.9. The Bertz CT molecular complexity index is 1040. The molecule has 6 heteroatoms. The van der Waals surface area contributed by atoms with Gasteiger partial charge in [-0.1, -0.05) is 54.1 Å². The molecule has 0 aliphatic heterocycles. The number of para-hydroxylation sites is 1. The summed E-state index contributed by atoms with van der Waals surface area (Å²) in [5.41, 5.74) is 2.04. The van der Waals surface area contributed by atoms with Gasteiger partial charge in [0.2, 0.25) is 5.95 Å². The molecule has 1 aliphatic carbocycles. The van der Waals surface area contributed by atoms with Gasteiger partial charge in [-0.2, -0.15) is 4.98 Å². The van der Waals surface area contributed by atoms with E-state index in [1.54, 1.807) is 0 Å². The van der Waals surface area contributed by atoms with E-state index in [1.165, 1.54) is 0 Å². The number of nitrogens with one attached hydrogen (secondary N) is 2. The van der Waals surface area contributed by atoms with Gasteiger partial charge in [0.25, 0.3) is 0 Å². The highest BCUT2D eigenvalue weighted by Crippen LogP contribution is 2.26. The van der Waals surface area contributed by atoms with E-state index in [9.17, 15) is 0 Å². The van der Waals surface area contributed by atoms with Crippen molar-refractivity contribution < 1.29 is 0 Å². The second-order valence-corrected chi connectivity index (χ2v) is 8.71. The van der Waals surface area contributed by atoms with Crippen LogP contribution >= 0.6 is 11.6 Å². The van der Waals surface area contributed by atoms with Gasteiger partial charge in [0.15, 0.2) is 0 Å². The molecule has 1 saturated carbocycles. The predicted molar refractivity (Wildman–Crippen MR) is 132 cm³/mol. The lowest BCUT2D eigenvalue weighted by Crippen LogP contribution is -2.37. The average molecular weight is 436 g/mol. The van der Waals surface area contributed by atoms with Gasteiger partial charge in [0, 0.05) is 43.1 Å². The molecule has 3 aromatic rings. The lowest BCUT2D eigenvalue weighted by molar-refractivity contribution is 0.363. The van der Waals surface area contributed by atoms with Gasteiger partial charge < -0.3 is 15.5 Å². The van der Waals surface area contributed by atoms with Crippen LogP contribution in [0.25, 0.3) is 17.0 Å². The van der Waals surface area contributed by atoms with Crippen LogP contribution < -0.4 is 15.5 Å². The second kappa shape index (κ2) is 10.1. The van der Waals surface area contributed by atoms with Gasteiger partial charge >= 0.3 is 0 Å². The fraction of sp³-hybridized carbons (Fsp3) is 0.360. The van der Waals surface area contributed by atoms with Gasteiger partial charge in [-0.25, -0.2) is 4.98 Å². The van der Waals surface area contributed by atoms with E-state index >= 15 is 0 Å². The van der Waals surface area contributed by atoms with Crippen molar-refractivity contribution in [3.63, 3.8) is 0 Å². The van der Waals surface area contributed by atoms with Crippen molar-refractivity contribution in [2.45, 2.75) is 37.8 Å². The molecule has 0 saturated heterocycles. The molecule has 5 nitrogen and oxygen atoms in total. The van der Waals surface area contributed by atoms with Crippen molar-refractivity contribution >= 4 is 40.3 Å². The molecule has 1 aromatic heterocycles. The minimum atomic E-state index is 0.410. The maximum absolute atomic E-state index is 6.20. The molecule has 0 radical (unpaired) electrons. The highest BCUT2D eigenvalue weighted by molar-refractivity contribution is 6.32. The van der Waals surface area contributed by atoms with Crippen LogP contribution in [0, 0.1) is 0 Å². The monoisotopic (exact) mass is 435 g/mol. The zero-order chi connectivity index (χ0) is 21.6. The molecule has 2 N–H and O–H groups in total. The van der Waals surface area contributed by atoms with Crippen LogP contribution in [0.1, 0.15) is 31.2 Å². The summed E-state index contributed by atoms with van der Waals surface area (Å²) in [5.74, 6) is 1.68. The summed E-state index contributed by atoms with van der Waals surface area (Å²) in [6.45, 7) is 0.855. The quantitative estimate of drug-likeness (QED) is 0.522. The van der Waals surface area contributed by atoms with Crippen molar-refractivity contribution in [3.05, 3.63) is 65.2 Å². The van der Waals surface area contributed by atoms with E-state index < -0.39 is 0 Å². The van der Waals surface area contributed by atoms with Crippen molar-refractivity contribution in [1.29, 1.82) is 0 Å². The normalized spacial score (nSPS) is 19.1. The molecular formula is C25H30ClN5. The van der Waals surface area contributed by atoms with E-state index in [2.05, 4.69) is 28.9 Å². The highest BCUT2D eigenvalue weighted by atomic mass is 35.5. The van der Waals surface area contributed by atoms with Crippen LogP contribution in [-0.4, -0.2) is 42.7 Å². The second-order valence-electron chi connectivity index (χ2n) is 8.31. The molecular weight excluding hydrogens is 406 g/mol. The molecule has 0 spiro atoms. The molecule has 0 unspecified atom stereocenters.